The number of aromatic nitrogens is 1. The van der Waals surface area contributed by atoms with Crippen molar-refractivity contribution in [2.24, 2.45) is 7.05 Å². The van der Waals surface area contributed by atoms with Gasteiger partial charge in [-0.15, -0.1) is 0 Å². The highest BCUT2D eigenvalue weighted by molar-refractivity contribution is 5.54. The molecule has 0 saturated heterocycles. The summed E-state index contributed by atoms with van der Waals surface area (Å²) in [6.07, 6.45) is 1.62. The van der Waals surface area contributed by atoms with Gasteiger partial charge in [0.1, 0.15) is 0 Å². The van der Waals surface area contributed by atoms with Crippen molar-refractivity contribution in [3.63, 3.8) is 0 Å². The van der Waals surface area contributed by atoms with E-state index >= 15 is 0 Å². The number of phenolic OH excluding ortho intramolecular Hbond substituents is 3. The largest absolute Gasteiger partial charge is 0.504 e. The minimum Gasteiger partial charge on any atom is -0.504 e. The van der Waals surface area contributed by atoms with Crippen LogP contribution in [0.25, 0.3) is 0 Å². The van der Waals surface area contributed by atoms with Gasteiger partial charge in [-0.3, -0.25) is 4.79 Å². The number of pyridine rings is 1. The Bertz CT molecular complexity index is 664. The molecule has 0 aliphatic heterocycles. The lowest BCUT2D eigenvalue weighted by molar-refractivity contribution is 0.365. The summed E-state index contributed by atoms with van der Waals surface area (Å²) in [7, 11) is 1.64. The minimum absolute atomic E-state index is 0.115. The van der Waals surface area contributed by atoms with Crippen LogP contribution in [0.4, 0.5) is 5.69 Å². The Morgan fingerprint density at radius 3 is 2.53 bits per heavy atom. The van der Waals surface area contributed by atoms with E-state index < -0.39 is 5.75 Å². The molecule has 0 unspecified atom stereocenters. The zero-order valence-corrected chi connectivity index (χ0v) is 10.3. The lowest BCUT2D eigenvalue weighted by atomic mass is 10.1. The lowest BCUT2D eigenvalue weighted by Gasteiger charge is -2.10. The van der Waals surface area contributed by atoms with Crippen molar-refractivity contribution in [1.29, 1.82) is 0 Å². The maximum absolute atomic E-state index is 11.2. The van der Waals surface area contributed by atoms with Crippen LogP contribution >= 0.6 is 0 Å². The molecule has 19 heavy (non-hydrogen) atoms. The van der Waals surface area contributed by atoms with Gasteiger partial charge < -0.3 is 25.2 Å². The summed E-state index contributed by atoms with van der Waals surface area (Å²) in [5.74, 6) is -1.28. The molecule has 0 saturated carbocycles. The Morgan fingerprint density at radius 2 is 1.84 bits per heavy atom. The molecule has 2 rings (SSSR count). The first-order chi connectivity index (χ1) is 8.99. The van der Waals surface area contributed by atoms with Crippen molar-refractivity contribution < 1.29 is 15.3 Å². The number of phenols is 3. The van der Waals surface area contributed by atoms with Crippen LogP contribution in [0.15, 0.2) is 35.3 Å². The fourth-order valence-electron chi connectivity index (χ4n) is 1.65. The smallest absolute Gasteiger partial charge is 0.250 e. The predicted octanol–water partition coefficient (Wildman–Crippen LogP) is 1.11. The number of rotatable bonds is 3. The second-order valence-corrected chi connectivity index (χ2v) is 4.16. The second-order valence-electron chi connectivity index (χ2n) is 4.16. The Labute approximate surface area is 109 Å². The van der Waals surface area contributed by atoms with Gasteiger partial charge in [-0.1, -0.05) is 0 Å². The first kappa shape index (κ1) is 12.8. The molecule has 0 aliphatic rings. The molecular formula is C13H14N2O4. The summed E-state index contributed by atoms with van der Waals surface area (Å²) in [6, 6.07) is 5.85. The van der Waals surface area contributed by atoms with E-state index in [4.69, 9.17) is 0 Å². The maximum Gasteiger partial charge on any atom is 0.250 e. The third-order valence-corrected chi connectivity index (χ3v) is 2.78. The molecule has 6 heteroatoms. The highest BCUT2D eigenvalue weighted by atomic mass is 16.3. The van der Waals surface area contributed by atoms with Crippen molar-refractivity contribution in [1.82, 2.24) is 4.57 Å². The van der Waals surface area contributed by atoms with Crippen molar-refractivity contribution in [3.05, 3.63) is 46.4 Å². The van der Waals surface area contributed by atoms with Crippen molar-refractivity contribution in [2.75, 3.05) is 5.32 Å². The first-order valence-electron chi connectivity index (χ1n) is 5.62. The summed E-state index contributed by atoms with van der Waals surface area (Å²) in [5, 5.41) is 31.3. The average Bonchev–Trinajstić information content (AvgIpc) is 2.39. The number of nitrogens with one attached hydrogen (secondary N) is 1. The number of benzene rings is 1. The molecule has 0 atom stereocenters. The number of nitrogens with zero attached hydrogens (tertiary/aromatic N) is 1. The predicted molar refractivity (Wildman–Crippen MR) is 70.4 cm³/mol. The highest BCUT2D eigenvalue weighted by Crippen LogP contribution is 2.37. The van der Waals surface area contributed by atoms with Crippen LogP contribution in [-0.4, -0.2) is 19.9 Å². The molecule has 0 fully saturated rings. The molecule has 0 bridgehead atoms. The molecule has 4 N–H and O–H groups in total. The van der Waals surface area contributed by atoms with Crippen LogP contribution in [0.3, 0.4) is 0 Å². The summed E-state index contributed by atoms with van der Waals surface area (Å²) >= 11 is 0. The Hall–Kier alpha value is -2.63. The van der Waals surface area contributed by atoms with Gasteiger partial charge in [0.2, 0.25) is 11.3 Å². The molecule has 0 radical (unpaired) electrons. The van der Waals surface area contributed by atoms with Gasteiger partial charge in [-0.05, 0) is 18.2 Å². The van der Waals surface area contributed by atoms with Gasteiger partial charge >= 0.3 is 0 Å². The summed E-state index contributed by atoms with van der Waals surface area (Å²) in [6.45, 7) is 0.248. The fraction of sp³-hybridized carbons (Fsp3) is 0.154. The molecular weight excluding hydrogens is 248 g/mol. The molecule has 6 nitrogen and oxygen atoms in total. The van der Waals surface area contributed by atoms with Crippen LogP contribution < -0.4 is 10.9 Å². The number of aromatic hydroxyl groups is 3. The van der Waals surface area contributed by atoms with Gasteiger partial charge in [-0.25, -0.2) is 0 Å². The molecule has 0 spiro atoms. The van der Waals surface area contributed by atoms with Crippen LogP contribution in [0.2, 0.25) is 0 Å². The van der Waals surface area contributed by atoms with Crippen LogP contribution in [0.1, 0.15) is 5.56 Å². The zero-order valence-electron chi connectivity index (χ0n) is 10.3. The summed E-state index contributed by atoms with van der Waals surface area (Å²) < 4.78 is 1.43. The van der Waals surface area contributed by atoms with Crippen LogP contribution in [0.5, 0.6) is 17.2 Å². The lowest BCUT2D eigenvalue weighted by Crippen LogP contribution is -2.15. The standard InChI is InChI=1S/C13H14N2O4/c1-15-7-9(3-5-11(15)17)14-6-8-2-4-10(16)13(19)12(8)18/h2-5,7,14,16,18-19H,6H2,1H3. The summed E-state index contributed by atoms with van der Waals surface area (Å²) in [5.41, 5.74) is 1.02. The van der Waals surface area contributed by atoms with E-state index in [1.54, 1.807) is 19.3 Å². The molecule has 1 aromatic carbocycles. The number of hydrogen-bond donors (Lipinski definition) is 4. The van der Waals surface area contributed by atoms with Gasteiger partial charge in [-0.2, -0.15) is 0 Å². The fourth-order valence-corrected chi connectivity index (χ4v) is 1.65. The zero-order chi connectivity index (χ0) is 14.0. The van der Waals surface area contributed by atoms with Gasteiger partial charge in [0.15, 0.2) is 11.5 Å². The first-order valence-corrected chi connectivity index (χ1v) is 5.62. The molecule has 0 amide bonds. The quantitative estimate of drug-likeness (QED) is 0.622. The van der Waals surface area contributed by atoms with Gasteiger partial charge in [0.25, 0.3) is 0 Å². The van der Waals surface area contributed by atoms with Crippen molar-refractivity contribution in [2.45, 2.75) is 6.54 Å². The molecule has 2 aromatic rings. The van der Waals surface area contributed by atoms with Crippen LogP contribution in [0, 0.1) is 0 Å². The van der Waals surface area contributed by atoms with Crippen molar-refractivity contribution >= 4 is 5.69 Å². The van der Waals surface area contributed by atoms with Crippen molar-refractivity contribution in [3.8, 4) is 17.2 Å². The SMILES string of the molecule is Cn1cc(NCc2ccc(O)c(O)c2O)ccc1=O. The average molecular weight is 262 g/mol. The molecule has 1 heterocycles. The van der Waals surface area contributed by atoms with Crippen LogP contribution in [-0.2, 0) is 13.6 Å². The van der Waals surface area contributed by atoms with Gasteiger partial charge in [0, 0.05) is 31.4 Å². The molecule has 0 aliphatic carbocycles. The number of hydrogen-bond acceptors (Lipinski definition) is 5. The van der Waals surface area contributed by atoms with E-state index in [9.17, 15) is 20.1 Å². The number of aryl methyl sites for hydroxylation is 1. The van der Waals surface area contributed by atoms with E-state index in [1.807, 2.05) is 0 Å². The third kappa shape index (κ3) is 2.62. The van der Waals surface area contributed by atoms with E-state index in [0.29, 0.717) is 11.3 Å². The van der Waals surface area contributed by atoms with E-state index in [-0.39, 0.29) is 23.6 Å². The maximum atomic E-state index is 11.2. The third-order valence-electron chi connectivity index (χ3n) is 2.78. The minimum atomic E-state index is -0.542. The molecule has 1 aromatic heterocycles. The van der Waals surface area contributed by atoms with E-state index in [1.165, 1.54) is 22.8 Å². The Morgan fingerprint density at radius 1 is 1.11 bits per heavy atom. The van der Waals surface area contributed by atoms with E-state index in [2.05, 4.69) is 5.32 Å². The normalized spacial score (nSPS) is 10.4. The topological polar surface area (TPSA) is 94.7 Å². The molecule has 100 valence electrons. The Kier molecular flexibility index (Phi) is 3.33. The monoisotopic (exact) mass is 262 g/mol. The highest BCUT2D eigenvalue weighted by Gasteiger charge is 2.10. The Balaban J connectivity index is 2.17. The number of anilines is 1. The summed E-state index contributed by atoms with van der Waals surface area (Å²) in [4.78, 5) is 11.2. The second kappa shape index (κ2) is 4.93. The van der Waals surface area contributed by atoms with Gasteiger partial charge in [0.05, 0.1) is 5.69 Å². The van der Waals surface area contributed by atoms with E-state index in [0.717, 1.165) is 0 Å².